The van der Waals surface area contributed by atoms with Crippen molar-refractivity contribution >= 4 is 27.5 Å². The van der Waals surface area contributed by atoms with Gasteiger partial charge in [-0.3, -0.25) is 13.9 Å². The lowest BCUT2D eigenvalue weighted by molar-refractivity contribution is -0.139. The monoisotopic (exact) mass is 435 g/mol. The molecule has 0 radical (unpaired) electrons. The summed E-state index contributed by atoms with van der Waals surface area (Å²) in [4.78, 5) is 26.6. The van der Waals surface area contributed by atoms with Crippen LogP contribution in [0.3, 0.4) is 0 Å². The maximum absolute atomic E-state index is 13.2. The Kier molecular flexibility index (Phi) is 7.55. The Morgan fingerprint density at radius 2 is 1.77 bits per heavy atom. The Morgan fingerprint density at radius 1 is 1.13 bits per heavy atom. The number of sulfonamides is 1. The predicted octanol–water partition coefficient (Wildman–Crippen LogP) is 2.06. The first-order chi connectivity index (χ1) is 14.0. The summed E-state index contributed by atoms with van der Waals surface area (Å²) in [5, 5.41) is 2.49. The van der Waals surface area contributed by atoms with Gasteiger partial charge in [-0.1, -0.05) is 24.3 Å². The molecule has 162 valence electrons. The third-order valence-corrected chi connectivity index (χ3v) is 5.79. The quantitative estimate of drug-likeness (QED) is 0.688. The summed E-state index contributed by atoms with van der Waals surface area (Å²) in [6.07, 6.45) is 1.02. The highest BCUT2D eigenvalue weighted by Gasteiger charge is 2.29. The highest BCUT2D eigenvalue weighted by atomic mass is 32.2. The third-order valence-electron chi connectivity index (χ3n) is 4.65. The van der Waals surface area contributed by atoms with Gasteiger partial charge < -0.3 is 10.2 Å². The van der Waals surface area contributed by atoms with Crippen LogP contribution in [0.1, 0.15) is 18.1 Å². The number of nitrogens with zero attached hydrogens (tertiary/aromatic N) is 2. The maximum Gasteiger partial charge on any atom is 0.244 e. The summed E-state index contributed by atoms with van der Waals surface area (Å²) in [6.45, 7) is 2.93. The van der Waals surface area contributed by atoms with Crippen molar-refractivity contribution in [3.8, 4) is 0 Å². The molecular formula is C21H26FN3O4S. The van der Waals surface area contributed by atoms with Crippen molar-refractivity contribution in [3.05, 3.63) is 65.5 Å². The van der Waals surface area contributed by atoms with E-state index in [2.05, 4.69) is 5.32 Å². The van der Waals surface area contributed by atoms with E-state index in [1.54, 1.807) is 25.1 Å². The van der Waals surface area contributed by atoms with Gasteiger partial charge in [0.15, 0.2) is 0 Å². The molecule has 1 N–H and O–H groups in total. The smallest absolute Gasteiger partial charge is 0.244 e. The molecule has 9 heteroatoms. The highest BCUT2D eigenvalue weighted by molar-refractivity contribution is 7.92. The van der Waals surface area contributed by atoms with Crippen LogP contribution in [0.25, 0.3) is 0 Å². The molecule has 0 aliphatic carbocycles. The Morgan fingerprint density at radius 3 is 2.30 bits per heavy atom. The van der Waals surface area contributed by atoms with Crippen LogP contribution in [0.4, 0.5) is 10.1 Å². The molecular weight excluding hydrogens is 409 g/mol. The third kappa shape index (κ3) is 6.03. The van der Waals surface area contributed by atoms with Gasteiger partial charge in [0.2, 0.25) is 21.8 Å². The van der Waals surface area contributed by atoms with Gasteiger partial charge in [0.1, 0.15) is 18.4 Å². The minimum atomic E-state index is -3.76. The minimum Gasteiger partial charge on any atom is -0.357 e. The first kappa shape index (κ1) is 23.3. The summed E-state index contributed by atoms with van der Waals surface area (Å²) in [5.74, 6) is -1.37. The summed E-state index contributed by atoms with van der Waals surface area (Å²) in [6, 6.07) is 11.5. The Balaban J connectivity index is 2.36. The van der Waals surface area contributed by atoms with E-state index in [9.17, 15) is 22.4 Å². The second-order valence-corrected chi connectivity index (χ2v) is 8.95. The topological polar surface area (TPSA) is 86.8 Å². The zero-order chi connectivity index (χ0) is 22.5. The molecule has 0 aromatic heterocycles. The summed E-state index contributed by atoms with van der Waals surface area (Å²) in [7, 11) is -2.30. The lowest BCUT2D eigenvalue weighted by Gasteiger charge is -2.31. The maximum atomic E-state index is 13.2. The van der Waals surface area contributed by atoms with E-state index in [0.717, 1.165) is 16.1 Å². The molecule has 0 spiro atoms. The highest BCUT2D eigenvalue weighted by Crippen LogP contribution is 2.20. The molecule has 30 heavy (non-hydrogen) atoms. The molecule has 0 bridgehead atoms. The van der Waals surface area contributed by atoms with Crippen LogP contribution in [0.2, 0.25) is 0 Å². The van der Waals surface area contributed by atoms with Crippen molar-refractivity contribution in [3.63, 3.8) is 0 Å². The van der Waals surface area contributed by atoms with E-state index in [4.69, 9.17) is 0 Å². The van der Waals surface area contributed by atoms with E-state index >= 15 is 0 Å². The number of anilines is 1. The van der Waals surface area contributed by atoms with Crippen molar-refractivity contribution in [2.45, 2.75) is 26.4 Å². The summed E-state index contributed by atoms with van der Waals surface area (Å²) >= 11 is 0. The number of nitrogens with one attached hydrogen (secondary N) is 1. The fourth-order valence-corrected chi connectivity index (χ4v) is 3.82. The number of aryl methyl sites for hydroxylation is 1. The van der Waals surface area contributed by atoms with Crippen molar-refractivity contribution in [1.82, 2.24) is 10.2 Å². The standard InChI is InChI=1S/C21H26FN3O4S/c1-15-6-5-7-19(12-15)25(30(4,28)29)14-20(26)24(16(2)21(27)23-3)13-17-8-10-18(22)11-9-17/h5-12,16H,13-14H2,1-4H3,(H,23,27)/t16-/m1/s1. The lowest BCUT2D eigenvalue weighted by Crippen LogP contribution is -2.50. The molecule has 7 nitrogen and oxygen atoms in total. The van der Waals surface area contributed by atoms with E-state index < -0.39 is 40.2 Å². The van der Waals surface area contributed by atoms with E-state index in [-0.39, 0.29) is 6.54 Å². The number of rotatable bonds is 8. The fourth-order valence-electron chi connectivity index (χ4n) is 2.97. The van der Waals surface area contributed by atoms with Gasteiger partial charge in [0.05, 0.1) is 11.9 Å². The predicted molar refractivity (Wildman–Crippen MR) is 114 cm³/mol. The fraction of sp³-hybridized carbons (Fsp3) is 0.333. The number of benzene rings is 2. The van der Waals surface area contributed by atoms with Crippen LogP contribution in [0, 0.1) is 12.7 Å². The van der Waals surface area contributed by atoms with Crippen molar-refractivity contribution in [2.75, 3.05) is 24.2 Å². The molecule has 2 rings (SSSR count). The zero-order valence-corrected chi connectivity index (χ0v) is 18.2. The van der Waals surface area contributed by atoms with Crippen molar-refractivity contribution in [1.29, 1.82) is 0 Å². The SMILES string of the molecule is CNC(=O)[C@@H](C)N(Cc1ccc(F)cc1)C(=O)CN(c1cccc(C)c1)S(C)(=O)=O. The second-order valence-electron chi connectivity index (χ2n) is 7.05. The van der Waals surface area contributed by atoms with Gasteiger partial charge in [-0.15, -0.1) is 0 Å². The number of hydrogen-bond donors (Lipinski definition) is 1. The first-order valence-corrected chi connectivity index (χ1v) is 11.2. The molecule has 2 amide bonds. The molecule has 0 saturated heterocycles. The van der Waals surface area contributed by atoms with E-state index in [0.29, 0.717) is 11.3 Å². The summed E-state index contributed by atoms with van der Waals surface area (Å²) < 4.78 is 39.0. The van der Waals surface area contributed by atoms with Gasteiger partial charge in [-0.2, -0.15) is 0 Å². The van der Waals surface area contributed by atoms with Gasteiger partial charge in [-0.05, 0) is 49.2 Å². The van der Waals surface area contributed by atoms with Gasteiger partial charge in [-0.25, -0.2) is 12.8 Å². The molecule has 0 aliphatic heterocycles. The van der Waals surface area contributed by atoms with Crippen LogP contribution < -0.4 is 9.62 Å². The molecule has 0 unspecified atom stereocenters. The largest absolute Gasteiger partial charge is 0.357 e. The molecule has 1 atom stereocenters. The average molecular weight is 436 g/mol. The van der Waals surface area contributed by atoms with Crippen molar-refractivity contribution < 1.29 is 22.4 Å². The first-order valence-electron chi connectivity index (χ1n) is 9.33. The Bertz CT molecular complexity index is 1010. The average Bonchev–Trinajstić information content (AvgIpc) is 2.69. The van der Waals surface area contributed by atoms with Crippen LogP contribution >= 0.6 is 0 Å². The molecule has 2 aromatic rings. The van der Waals surface area contributed by atoms with Crippen LogP contribution in [0.15, 0.2) is 48.5 Å². The molecule has 0 aliphatic rings. The normalized spacial score (nSPS) is 12.2. The number of hydrogen-bond acceptors (Lipinski definition) is 4. The number of likely N-dealkylation sites (N-methyl/N-ethyl adjacent to an activating group) is 1. The zero-order valence-electron chi connectivity index (χ0n) is 17.4. The van der Waals surface area contributed by atoms with Crippen LogP contribution in [-0.2, 0) is 26.2 Å². The molecule has 0 saturated carbocycles. The Labute approximate surface area is 176 Å². The number of halogens is 1. The van der Waals surface area contributed by atoms with Gasteiger partial charge in [0, 0.05) is 13.6 Å². The Hall–Kier alpha value is -2.94. The number of amides is 2. The summed E-state index contributed by atoms with van der Waals surface area (Å²) in [5.41, 5.74) is 1.82. The second kappa shape index (κ2) is 9.71. The van der Waals surface area contributed by atoms with Gasteiger partial charge in [0.25, 0.3) is 0 Å². The molecule has 0 fully saturated rings. The lowest BCUT2D eigenvalue weighted by atomic mass is 10.1. The molecule has 2 aromatic carbocycles. The molecule has 0 heterocycles. The van der Waals surface area contributed by atoms with Crippen LogP contribution in [-0.4, -0.2) is 51.0 Å². The van der Waals surface area contributed by atoms with E-state index in [1.807, 2.05) is 13.0 Å². The number of carbonyl (C=O) groups is 2. The van der Waals surface area contributed by atoms with Crippen LogP contribution in [0.5, 0.6) is 0 Å². The van der Waals surface area contributed by atoms with E-state index in [1.165, 1.54) is 36.2 Å². The minimum absolute atomic E-state index is 0.0269. The number of carbonyl (C=O) groups excluding carboxylic acids is 2. The van der Waals surface area contributed by atoms with Gasteiger partial charge >= 0.3 is 0 Å². The van der Waals surface area contributed by atoms with Crippen molar-refractivity contribution in [2.24, 2.45) is 0 Å².